The summed E-state index contributed by atoms with van der Waals surface area (Å²) in [4.78, 5) is 0. The Bertz CT molecular complexity index is 487. The van der Waals surface area contributed by atoms with Crippen molar-refractivity contribution in [2.24, 2.45) is 5.73 Å². The van der Waals surface area contributed by atoms with Crippen LogP contribution in [-0.2, 0) is 6.42 Å². The first-order chi connectivity index (χ1) is 8.34. The van der Waals surface area contributed by atoms with Gasteiger partial charge in [0.05, 0.1) is 6.04 Å². The van der Waals surface area contributed by atoms with E-state index in [1.54, 1.807) is 6.33 Å². The molecule has 2 aromatic rings. The fourth-order valence-corrected chi connectivity index (χ4v) is 2.11. The SMILES string of the molecule is N[C@H](Cc1ccccc1)c1nncn1C1CC1. The third-order valence-electron chi connectivity index (χ3n) is 3.17. The van der Waals surface area contributed by atoms with Gasteiger partial charge >= 0.3 is 0 Å². The first-order valence-corrected chi connectivity index (χ1v) is 6.03. The first kappa shape index (κ1) is 10.5. The van der Waals surface area contributed by atoms with E-state index < -0.39 is 0 Å². The molecule has 0 spiro atoms. The minimum atomic E-state index is -0.0690. The monoisotopic (exact) mass is 228 g/mol. The summed E-state index contributed by atoms with van der Waals surface area (Å²) >= 11 is 0. The van der Waals surface area contributed by atoms with Crippen molar-refractivity contribution in [3.8, 4) is 0 Å². The van der Waals surface area contributed by atoms with Gasteiger partial charge in [-0.1, -0.05) is 30.3 Å². The second-order valence-electron chi connectivity index (χ2n) is 4.62. The molecule has 4 heteroatoms. The zero-order valence-corrected chi connectivity index (χ0v) is 9.66. The molecule has 1 heterocycles. The highest BCUT2D eigenvalue weighted by atomic mass is 15.3. The summed E-state index contributed by atoms with van der Waals surface area (Å²) in [5, 5.41) is 8.14. The molecule has 1 aromatic carbocycles. The molecule has 3 rings (SSSR count). The number of rotatable bonds is 4. The average molecular weight is 228 g/mol. The maximum atomic E-state index is 6.21. The lowest BCUT2D eigenvalue weighted by molar-refractivity contribution is 0.591. The molecule has 88 valence electrons. The Hall–Kier alpha value is -1.68. The van der Waals surface area contributed by atoms with Gasteiger partial charge in [0.15, 0.2) is 0 Å². The second-order valence-corrected chi connectivity index (χ2v) is 4.62. The van der Waals surface area contributed by atoms with Crippen molar-refractivity contribution in [1.82, 2.24) is 14.8 Å². The summed E-state index contributed by atoms with van der Waals surface area (Å²) in [7, 11) is 0. The van der Waals surface area contributed by atoms with Crippen molar-refractivity contribution in [3.05, 3.63) is 48.0 Å². The summed E-state index contributed by atoms with van der Waals surface area (Å²) in [6.07, 6.45) is 5.07. The molecular formula is C13H16N4. The molecule has 0 amide bonds. The molecule has 0 radical (unpaired) electrons. The van der Waals surface area contributed by atoms with Gasteiger partial charge in [0, 0.05) is 6.04 Å². The summed E-state index contributed by atoms with van der Waals surface area (Å²) in [6.45, 7) is 0. The van der Waals surface area contributed by atoms with E-state index in [0.29, 0.717) is 6.04 Å². The van der Waals surface area contributed by atoms with Crippen LogP contribution in [0.25, 0.3) is 0 Å². The third kappa shape index (κ3) is 2.22. The number of benzene rings is 1. The largest absolute Gasteiger partial charge is 0.321 e. The van der Waals surface area contributed by atoms with Crippen LogP contribution in [0.15, 0.2) is 36.7 Å². The zero-order chi connectivity index (χ0) is 11.7. The van der Waals surface area contributed by atoms with Crippen molar-refractivity contribution in [1.29, 1.82) is 0 Å². The summed E-state index contributed by atoms with van der Waals surface area (Å²) in [5.74, 6) is 0.913. The molecule has 17 heavy (non-hydrogen) atoms. The van der Waals surface area contributed by atoms with Gasteiger partial charge in [-0.2, -0.15) is 0 Å². The quantitative estimate of drug-likeness (QED) is 0.869. The Morgan fingerprint density at radius 3 is 2.76 bits per heavy atom. The van der Waals surface area contributed by atoms with Crippen LogP contribution in [0.3, 0.4) is 0 Å². The molecule has 4 nitrogen and oxygen atoms in total. The van der Waals surface area contributed by atoms with Crippen LogP contribution in [0, 0.1) is 0 Å². The van der Waals surface area contributed by atoms with Crippen LogP contribution in [0.2, 0.25) is 0 Å². The standard InChI is InChI=1S/C13H16N4/c14-12(8-10-4-2-1-3-5-10)13-16-15-9-17(13)11-6-7-11/h1-5,9,11-12H,6-8,14H2/t12-/m1/s1. The molecule has 0 bridgehead atoms. The van der Waals surface area contributed by atoms with Gasteiger partial charge in [0.2, 0.25) is 0 Å². The van der Waals surface area contributed by atoms with Gasteiger partial charge in [-0.05, 0) is 24.8 Å². The number of hydrogen-bond acceptors (Lipinski definition) is 3. The predicted molar refractivity (Wildman–Crippen MR) is 65.4 cm³/mol. The average Bonchev–Trinajstić information content (AvgIpc) is 3.08. The van der Waals surface area contributed by atoms with Gasteiger partial charge in [0.25, 0.3) is 0 Å². The minimum absolute atomic E-state index is 0.0690. The molecule has 1 fully saturated rings. The highest BCUT2D eigenvalue weighted by Crippen LogP contribution is 2.36. The summed E-state index contributed by atoms with van der Waals surface area (Å²) < 4.78 is 2.13. The predicted octanol–water partition coefficient (Wildman–Crippen LogP) is 1.86. The van der Waals surface area contributed by atoms with E-state index in [-0.39, 0.29) is 6.04 Å². The summed E-state index contributed by atoms with van der Waals surface area (Å²) in [5.41, 5.74) is 7.46. The Morgan fingerprint density at radius 1 is 1.29 bits per heavy atom. The number of hydrogen-bond donors (Lipinski definition) is 1. The lowest BCUT2D eigenvalue weighted by Crippen LogP contribution is -2.18. The molecule has 1 aromatic heterocycles. The lowest BCUT2D eigenvalue weighted by Gasteiger charge is -2.12. The van der Waals surface area contributed by atoms with Gasteiger partial charge in [0.1, 0.15) is 12.2 Å². The third-order valence-corrected chi connectivity index (χ3v) is 3.17. The normalized spacial score (nSPS) is 17.0. The van der Waals surface area contributed by atoms with Crippen LogP contribution in [0.4, 0.5) is 0 Å². The molecule has 0 unspecified atom stereocenters. The van der Waals surface area contributed by atoms with E-state index in [1.807, 2.05) is 18.2 Å². The maximum absolute atomic E-state index is 6.21. The fraction of sp³-hybridized carbons (Fsp3) is 0.385. The molecule has 2 N–H and O–H groups in total. The van der Waals surface area contributed by atoms with Crippen molar-refractivity contribution in [3.63, 3.8) is 0 Å². The molecule has 1 atom stereocenters. The van der Waals surface area contributed by atoms with Crippen LogP contribution in [0.1, 0.15) is 36.3 Å². The van der Waals surface area contributed by atoms with E-state index in [4.69, 9.17) is 5.73 Å². The van der Waals surface area contributed by atoms with Crippen molar-refractivity contribution in [2.45, 2.75) is 31.3 Å². The Balaban J connectivity index is 1.77. The van der Waals surface area contributed by atoms with Crippen LogP contribution >= 0.6 is 0 Å². The molecule has 1 saturated carbocycles. The molecule has 1 aliphatic rings. The Labute approximate surface area is 100 Å². The summed E-state index contributed by atoms with van der Waals surface area (Å²) in [6, 6.07) is 10.8. The van der Waals surface area contributed by atoms with Crippen molar-refractivity contribution in [2.75, 3.05) is 0 Å². The van der Waals surface area contributed by atoms with Gasteiger partial charge in [-0.3, -0.25) is 0 Å². The first-order valence-electron chi connectivity index (χ1n) is 6.03. The van der Waals surface area contributed by atoms with Crippen LogP contribution < -0.4 is 5.73 Å². The van der Waals surface area contributed by atoms with Crippen molar-refractivity contribution < 1.29 is 0 Å². The van der Waals surface area contributed by atoms with E-state index in [1.165, 1.54) is 18.4 Å². The molecular weight excluding hydrogens is 212 g/mol. The maximum Gasteiger partial charge on any atom is 0.150 e. The fourth-order valence-electron chi connectivity index (χ4n) is 2.11. The lowest BCUT2D eigenvalue weighted by atomic mass is 10.1. The van der Waals surface area contributed by atoms with E-state index in [9.17, 15) is 0 Å². The van der Waals surface area contributed by atoms with E-state index >= 15 is 0 Å². The van der Waals surface area contributed by atoms with Gasteiger partial charge in [-0.25, -0.2) is 0 Å². The van der Waals surface area contributed by atoms with Crippen LogP contribution in [-0.4, -0.2) is 14.8 Å². The number of nitrogens with two attached hydrogens (primary N) is 1. The molecule has 1 aliphatic carbocycles. The zero-order valence-electron chi connectivity index (χ0n) is 9.66. The number of aromatic nitrogens is 3. The van der Waals surface area contributed by atoms with E-state index in [2.05, 4.69) is 26.9 Å². The van der Waals surface area contributed by atoms with Gasteiger partial charge < -0.3 is 10.3 Å². The van der Waals surface area contributed by atoms with Gasteiger partial charge in [-0.15, -0.1) is 10.2 Å². The van der Waals surface area contributed by atoms with Crippen molar-refractivity contribution >= 4 is 0 Å². The van der Waals surface area contributed by atoms with E-state index in [0.717, 1.165) is 12.2 Å². The molecule has 0 saturated heterocycles. The highest BCUT2D eigenvalue weighted by Gasteiger charge is 2.27. The topological polar surface area (TPSA) is 56.7 Å². The van der Waals surface area contributed by atoms with Crippen LogP contribution in [0.5, 0.6) is 0 Å². The Morgan fingerprint density at radius 2 is 2.06 bits per heavy atom. The molecule has 0 aliphatic heterocycles. The minimum Gasteiger partial charge on any atom is -0.321 e. The smallest absolute Gasteiger partial charge is 0.150 e. The number of nitrogens with zero attached hydrogens (tertiary/aromatic N) is 3. The second kappa shape index (κ2) is 4.30. The Kier molecular flexibility index (Phi) is 2.65. The highest BCUT2D eigenvalue weighted by molar-refractivity contribution is 5.17.